The van der Waals surface area contributed by atoms with Crippen LogP contribution in [-0.4, -0.2) is 0 Å². The van der Waals surface area contributed by atoms with E-state index in [0.717, 1.165) is 0 Å². The molecule has 0 bridgehead atoms. The third kappa shape index (κ3) is 1.68. The van der Waals surface area contributed by atoms with Gasteiger partial charge in [-0.15, -0.1) is 0 Å². The molecule has 0 nitrogen and oxygen atoms in total. The van der Waals surface area contributed by atoms with Gasteiger partial charge in [0.05, 0.1) is 0 Å². The largest absolute Gasteiger partial charge is 0.0987 e. The van der Waals surface area contributed by atoms with E-state index in [-0.39, 0.29) is 5.41 Å². The molecular weight excluding hydrogens is 204 g/mol. The van der Waals surface area contributed by atoms with Crippen molar-refractivity contribution in [3.8, 4) is 0 Å². The minimum atomic E-state index is 0.0691. The summed E-state index contributed by atoms with van der Waals surface area (Å²) in [5.74, 6) is 0. The molecule has 0 atom stereocenters. The van der Waals surface area contributed by atoms with Crippen LogP contribution in [0.3, 0.4) is 0 Å². The van der Waals surface area contributed by atoms with Crippen LogP contribution < -0.4 is 0 Å². The van der Waals surface area contributed by atoms with E-state index in [1.807, 2.05) is 6.08 Å². The standard InChI is InChI=1S/C17H20/c1-6-8-13-14-11-12(3)9-10-16(14)17(4,5)15(13)7-2/h6-11H,2H2,1,3-5H3/b8-6-. The maximum absolute atomic E-state index is 3.98. The number of fused-ring (bicyclic) bond motifs is 1. The van der Waals surface area contributed by atoms with Gasteiger partial charge in [0.15, 0.2) is 0 Å². The molecule has 0 heteroatoms. The van der Waals surface area contributed by atoms with Gasteiger partial charge in [-0.25, -0.2) is 0 Å². The second kappa shape index (κ2) is 4.03. The molecule has 0 saturated heterocycles. The molecule has 88 valence electrons. The highest BCUT2D eigenvalue weighted by Gasteiger charge is 2.34. The smallest absolute Gasteiger partial charge is 0.0158 e. The Morgan fingerprint density at radius 1 is 1.24 bits per heavy atom. The van der Waals surface area contributed by atoms with Crippen molar-refractivity contribution in [3.63, 3.8) is 0 Å². The summed E-state index contributed by atoms with van der Waals surface area (Å²) in [6.07, 6.45) is 6.31. The van der Waals surface area contributed by atoms with E-state index >= 15 is 0 Å². The van der Waals surface area contributed by atoms with Crippen molar-refractivity contribution < 1.29 is 0 Å². The van der Waals surface area contributed by atoms with Crippen LogP contribution in [0.15, 0.2) is 48.6 Å². The maximum Gasteiger partial charge on any atom is 0.0158 e. The van der Waals surface area contributed by atoms with Gasteiger partial charge in [0.1, 0.15) is 0 Å². The third-order valence-corrected chi connectivity index (χ3v) is 3.64. The molecule has 0 aromatic heterocycles. The monoisotopic (exact) mass is 224 g/mol. The van der Waals surface area contributed by atoms with E-state index in [9.17, 15) is 0 Å². The summed E-state index contributed by atoms with van der Waals surface area (Å²) in [4.78, 5) is 0. The van der Waals surface area contributed by atoms with Crippen molar-refractivity contribution in [1.82, 2.24) is 0 Å². The van der Waals surface area contributed by atoms with Crippen LogP contribution in [0.1, 0.15) is 37.5 Å². The molecule has 1 aliphatic rings. The molecule has 0 N–H and O–H groups in total. The van der Waals surface area contributed by atoms with E-state index in [1.54, 1.807) is 0 Å². The summed E-state index contributed by atoms with van der Waals surface area (Å²) in [6, 6.07) is 6.73. The Kier molecular flexibility index (Phi) is 2.82. The number of aryl methyl sites for hydroxylation is 1. The van der Waals surface area contributed by atoms with Crippen molar-refractivity contribution in [2.45, 2.75) is 33.1 Å². The zero-order chi connectivity index (χ0) is 12.6. The quantitative estimate of drug-likeness (QED) is 0.676. The predicted molar refractivity (Wildman–Crippen MR) is 76.1 cm³/mol. The van der Waals surface area contributed by atoms with Gasteiger partial charge in [0.25, 0.3) is 0 Å². The van der Waals surface area contributed by atoms with Gasteiger partial charge in [-0.1, -0.05) is 62.4 Å². The highest BCUT2D eigenvalue weighted by Crippen LogP contribution is 2.47. The molecule has 0 saturated carbocycles. The zero-order valence-corrected chi connectivity index (χ0v) is 11.2. The third-order valence-electron chi connectivity index (χ3n) is 3.64. The lowest BCUT2D eigenvalue weighted by Crippen LogP contribution is -2.15. The molecule has 0 aliphatic heterocycles. The molecule has 0 amide bonds. The van der Waals surface area contributed by atoms with Gasteiger partial charge in [-0.2, -0.15) is 0 Å². The zero-order valence-electron chi connectivity index (χ0n) is 11.2. The Hall–Kier alpha value is -1.56. The molecule has 1 aromatic carbocycles. The van der Waals surface area contributed by atoms with Crippen LogP contribution >= 0.6 is 0 Å². The van der Waals surface area contributed by atoms with Crippen molar-refractivity contribution in [2.75, 3.05) is 0 Å². The SMILES string of the molecule is C=CC1=C(/C=C\C)c2cc(C)ccc2C1(C)C. The Labute approximate surface area is 104 Å². The number of hydrogen-bond donors (Lipinski definition) is 0. The fraction of sp³-hybridized carbons (Fsp3) is 0.294. The summed E-state index contributed by atoms with van der Waals surface area (Å²) < 4.78 is 0. The molecular formula is C17H20. The molecule has 0 unspecified atom stereocenters. The maximum atomic E-state index is 3.98. The molecule has 0 heterocycles. The van der Waals surface area contributed by atoms with E-state index < -0.39 is 0 Å². The van der Waals surface area contributed by atoms with E-state index in [1.165, 1.54) is 27.8 Å². The van der Waals surface area contributed by atoms with Gasteiger partial charge >= 0.3 is 0 Å². The topological polar surface area (TPSA) is 0 Å². The number of allylic oxidation sites excluding steroid dienone is 5. The number of hydrogen-bond acceptors (Lipinski definition) is 0. The van der Waals surface area contributed by atoms with Crippen molar-refractivity contribution in [2.24, 2.45) is 0 Å². The fourth-order valence-corrected chi connectivity index (χ4v) is 2.76. The first kappa shape index (κ1) is 11.9. The van der Waals surface area contributed by atoms with Crippen molar-refractivity contribution in [3.05, 3.63) is 65.3 Å². The Morgan fingerprint density at radius 2 is 1.94 bits per heavy atom. The highest BCUT2D eigenvalue weighted by molar-refractivity contribution is 5.87. The van der Waals surface area contributed by atoms with Gasteiger partial charge in [-0.05, 0) is 36.1 Å². The molecule has 1 aromatic rings. The Morgan fingerprint density at radius 3 is 2.53 bits per heavy atom. The van der Waals surface area contributed by atoms with E-state index in [4.69, 9.17) is 0 Å². The van der Waals surface area contributed by atoms with Crippen molar-refractivity contribution in [1.29, 1.82) is 0 Å². The normalized spacial score (nSPS) is 17.6. The Balaban J connectivity index is 2.77. The van der Waals surface area contributed by atoms with Crippen LogP contribution in [-0.2, 0) is 5.41 Å². The van der Waals surface area contributed by atoms with E-state index in [2.05, 4.69) is 64.6 Å². The van der Waals surface area contributed by atoms with E-state index in [0.29, 0.717) is 0 Å². The molecule has 0 fully saturated rings. The van der Waals surface area contributed by atoms with Crippen LogP contribution in [0.25, 0.3) is 5.57 Å². The average Bonchev–Trinajstić information content (AvgIpc) is 2.47. The van der Waals surface area contributed by atoms with Crippen LogP contribution in [0.5, 0.6) is 0 Å². The first-order valence-electron chi connectivity index (χ1n) is 6.13. The van der Waals surface area contributed by atoms with Gasteiger partial charge in [0, 0.05) is 5.41 Å². The summed E-state index contributed by atoms with van der Waals surface area (Å²) in [7, 11) is 0. The second-order valence-corrected chi connectivity index (χ2v) is 5.21. The molecule has 17 heavy (non-hydrogen) atoms. The Bertz CT molecular complexity index is 525. The van der Waals surface area contributed by atoms with Crippen molar-refractivity contribution >= 4 is 5.57 Å². The van der Waals surface area contributed by atoms with Gasteiger partial charge in [0.2, 0.25) is 0 Å². The lowest BCUT2D eigenvalue weighted by atomic mass is 9.81. The van der Waals surface area contributed by atoms with Gasteiger partial charge < -0.3 is 0 Å². The fourth-order valence-electron chi connectivity index (χ4n) is 2.76. The summed E-state index contributed by atoms with van der Waals surface area (Å²) in [5.41, 5.74) is 6.81. The number of rotatable bonds is 2. The minimum absolute atomic E-state index is 0.0691. The molecule has 0 spiro atoms. The summed E-state index contributed by atoms with van der Waals surface area (Å²) in [6.45, 7) is 12.7. The van der Waals surface area contributed by atoms with Crippen LogP contribution in [0.4, 0.5) is 0 Å². The van der Waals surface area contributed by atoms with Crippen LogP contribution in [0, 0.1) is 6.92 Å². The first-order valence-corrected chi connectivity index (χ1v) is 6.13. The first-order chi connectivity index (χ1) is 8.02. The lowest BCUT2D eigenvalue weighted by molar-refractivity contribution is 0.654. The summed E-state index contributed by atoms with van der Waals surface area (Å²) >= 11 is 0. The lowest BCUT2D eigenvalue weighted by Gasteiger charge is -2.22. The summed E-state index contributed by atoms with van der Waals surface area (Å²) in [5, 5.41) is 0. The van der Waals surface area contributed by atoms with Crippen LogP contribution in [0.2, 0.25) is 0 Å². The molecule has 0 radical (unpaired) electrons. The minimum Gasteiger partial charge on any atom is -0.0987 e. The number of benzene rings is 1. The van der Waals surface area contributed by atoms with Gasteiger partial charge in [-0.3, -0.25) is 0 Å². The molecule has 1 aliphatic carbocycles. The second-order valence-electron chi connectivity index (χ2n) is 5.21. The molecule has 2 rings (SSSR count). The average molecular weight is 224 g/mol. The highest BCUT2D eigenvalue weighted by atomic mass is 14.4. The predicted octanol–water partition coefficient (Wildman–Crippen LogP) is 4.80.